The number of hydrogen-bond acceptors (Lipinski definition) is 0. The smallest absolute Gasteiger partial charge is 0.0303 e. The van der Waals surface area contributed by atoms with Gasteiger partial charge in [0.25, 0.3) is 0 Å². The number of hydrogen-bond donors (Lipinski definition) is 0. The highest BCUT2D eigenvalue weighted by atomic mass is 79.9. The highest BCUT2D eigenvalue weighted by Gasteiger charge is 2.68. The SMILES string of the molecule is Br[C@]12C[C@@H]3C[C@H]1C[C@]3(Br)C2. The van der Waals surface area contributed by atoms with Crippen molar-refractivity contribution < 1.29 is 0 Å². The zero-order chi connectivity index (χ0) is 6.98. The Bertz CT molecular complexity index is 183. The van der Waals surface area contributed by atoms with Gasteiger partial charge in [-0.15, -0.1) is 0 Å². The molecule has 0 unspecified atom stereocenters. The minimum atomic E-state index is 0.571. The van der Waals surface area contributed by atoms with E-state index in [0.717, 1.165) is 11.8 Å². The van der Waals surface area contributed by atoms with Crippen molar-refractivity contribution in [3.63, 3.8) is 0 Å². The molecule has 0 aromatic carbocycles. The minimum Gasteiger partial charge on any atom is -0.0850 e. The second-order valence-electron chi connectivity index (χ2n) is 4.28. The summed E-state index contributed by atoms with van der Waals surface area (Å²) in [6.45, 7) is 0. The first kappa shape index (κ1) is 6.47. The van der Waals surface area contributed by atoms with Gasteiger partial charge in [-0.05, 0) is 37.5 Å². The quantitative estimate of drug-likeness (QED) is 0.591. The zero-order valence-corrected chi connectivity index (χ0v) is 8.91. The first-order chi connectivity index (χ1) is 4.62. The van der Waals surface area contributed by atoms with Crippen LogP contribution in [0.3, 0.4) is 0 Å². The molecule has 4 rings (SSSR count). The van der Waals surface area contributed by atoms with E-state index in [9.17, 15) is 0 Å². The van der Waals surface area contributed by atoms with Crippen molar-refractivity contribution in [1.29, 1.82) is 0 Å². The summed E-state index contributed by atoms with van der Waals surface area (Å²) in [6.07, 6.45) is 5.73. The van der Waals surface area contributed by atoms with Gasteiger partial charge in [-0.1, -0.05) is 31.9 Å². The average molecular weight is 266 g/mol. The Hall–Kier alpha value is 0.960. The lowest BCUT2D eigenvalue weighted by Gasteiger charge is -2.19. The topological polar surface area (TPSA) is 0 Å². The Morgan fingerprint density at radius 2 is 1.50 bits per heavy atom. The summed E-state index contributed by atoms with van der Waals surface area (Å²) in [5, 5.41) is 0. The molecule has 0 heterocycles. The van der Waals surface area contributed by atoms with Gasteiger partial charge in [0, 0.05) is 8.65 Å². The van der Waals surface area contributed by atoms with Gasteiger partial charge >= 0.3 is 0 Å². The molecular formula is C8H10Br2. The first-order valence-electron chi connectivity index (χ1n) is 4.00. The largest absolute Gasteiger partial charge is 0.0850 e. The van der Waals surface area contributed by atoms with E-state index in [0.29, 0.717) is 8.65 Å². The molecule has 0 saturated heterocycles. The van der Waals surface area contributed by atoms with Crippen molar-refractivity contribution >= 4 is 31.9 Å². The summed E-state index contributed by atoms with van der Waals surface area (Å²) in [6, 6.07) is 0. The fraction of sp³-hybridized carbons (Fsp3) is 1.00. The van der Waals surface area contributed by atoms with Crippen molar-refractivity contribution in [2.45, 2.75) is 34.3 Å². The highest BCUT2D eigenvalue weighted by Crippen LogP contribution is 2.73. The molecule has 0 aromatic heterocycles. The Labute approximate surface area is 78.0 Å². The summed E-state index contributed by atoms with van der Waals surface area (Å²) in [4.78, 5) is 0. The normalized spacial score (nSPS) is 70.2. The van der Waals surface area contributed by atoms with E-state index in [4.69, 9.17) is 0 Å². The van der Waals surface area contributed by atoms with Gasteiger partial charge in [0.2, 0.25) is 0 Å². The zero-order valence-electron chi connectivity index (χ0n) is 5.74. The van der Waals surface area contributed by atoms with Gasteiger partial charge in [0.1, 0.15) is 0 Å². The van der Waals surface area contributed by atoms with Crippen molar-refractivity contribution in [2.75, 3.05) is 0 Å². The maximum atomic E-state index is 3.90. The monoisotopic (exact) mass is 264 g/mol. The van der Waals surface area contributed by atoms with Crippen LogP contribution in [0.4, 0.5) is 0 Å². The van der Waals surface area contributed by atoms with E-state index in [1.807, 2.05) is 0 Å². The van der Waals surface area contributed by atoms with Crippen LogP contribution in [0, 0.1) is 11.8 Å². The molecule has 56 valence electrons. The van der Waals surface area contributed by atoms with Crippen LogP contribution in [0.5, 0.6) is 0 Å². The van der Waals surface area contributed by atoms with Gasteiger partial charge in [0.05, 0.1) is 0 Å². The van der Waals surface area contributed by atoms with Gasteiger partial charge in [0.15, 0.2) is 0 Å². The van der Waals surface area contributed by atoms with Crippen molar-refractivity contribution in [3.8, 4) is 0 Å². The third kappa shape index (κ3) is 0.523. The van der Waals surface area contributed by atoms with Gasteiger partial charge in [-0.3, -0.25) is 0 Å². The van der Waals surface area contributed by atoms with E-state index < -0.39 is 0 Å². The van der Waals surface area contributed by atoms with E-state index in [-0.39, 0.29) is 0 Å². The lowest BCUT2D eigenvalue weighted by atomic mass is 10.0. The molecular weight excluding hydrogens is 256 g/mol. The molecule has 0 radical (unpaired) electrons. The predicted octanol–water partition coefficient (Wildman–Crippen LogP) is 3.09. The van der Waals surface area contributed by atoms with Crippen LogP contribution in [0.2, 0.25) is 0 Å². The molecule has 0 aromatic rings. The molecule has 4 fully saturated rings. The standard InChI is InChI=1S/C8H10Br2/c9-7-2-5-1-6(7)3-8(5,10)4-7/h5-6H,1-4H2/t5-,6-,7-,8-/m0/s1. The third-order valence-corrected chi connectivity index (χ3v) is 6.29. The lowest BCUT2D eigenvalue weighted by Crippen LogP contribution is -2.18. The van der Waals surface area contributed by atoms with Crippen LogP contribution < -0.4 is 0 Å². The molecule has 0 spiro atoms. The van der Waals surface area contributed by atoms with Crippen molar-refractivity contribution in [2.24, 2.45) is 11.8 Å². The molecule has 0 N–H and O–H groups in total. The van der Waals surface area contributed by atoms with Crippen LogP contribution in [-0.2, 0) is 0 Å². The average Bonchev–Trinajstić information content (AvgIpc) is 2.27. The fourth-order valence-corrected chi connectivity index (χ4v) is 6.23. The van der Waals surface area contributed by atoms with Crippen LogP contribution in [0.15, 0.2) is 0 Å². The number of rotatable bonds is 0. The lowest BCUT2D eigenvalue weighted by molar-refractivity contribution is 0.512. The fourth-order valence-electron chi connectivity index (χ4n) is 3.37. The summed E-state index contributed by atoms with van der Waals surface area (Å²) in [5.74, 6) is 1.99. The summed E-state index contributed by atoms with van der Waals surface area (Å²) in [7, 11) is 0. The van der Waals surface area contributed by atoms with Crippen molar-refractivity contribution in [3.05, 3.63) is 0 Å². The molecule has 0 aliphatic heterocycles. The molecule has 4 bridgehead atoms. The molecule has 4 atom stereocenters. The second-order valence-corrected chi connectivity index (χ2v) is 7.44. The van der Waals surface area contributed by atoms with Crippen molar-refractivity contribution in [1.82, 2.24) is 0 Å². The van der Waals surface area contributed by atoms with E-state index >= 15 is 0 Å². The molecule has 4 aliphatic carbocycles. The maximum Gasteiger partial charge on any atom is 0.0303 e. The molecule has 4 saturated carbocycles. The first-order valence-corrected chi connectivity index (χ1v) is 5.59. The highest BCUT2D eigenvalue weighted by molar-refractivity contribution is 9.10. The Morgan fingerprint density at radius 3 is 1.60 bits per heavy atom. The van der Waals surface area contributed by atoms with Gasteiger partial charge < -0.3 is 0 Å². The Balaban J connectivity index is 2.15. The van der Waals surface area contributed by atoms with Crippen LogP contribution in [0.1, 0.15) is 25.7 Å². The molecule has 0 nitrogen and oxygen atoms in total. The van der Waals surface area contributed by atoms with E-state index in [1.54, 1.807) is 0 Å². The molecule has 0 amide bonds. The predicted molar refractivity (Wildman–Crippen MR) is 48.8 cm³/mol. The van der Waals surface area contributed by atoms with Gasteiger partial charge in [-0.2, -0.15) is 0 Å². The summed E-state index contributed by atoms with van der Waals surface area (Å²) < 4.78 is 1.14. The number of alkyl halides is 2. The van der Waals surface area contributed by atoms with Crippen LogP contribution in [-0.4, -0.2) is 8.65 Å². The molecule has 4 aliphatic rings. The molecule has 2 heteroatoms. The maximum absolute atomic E-state index is 3.90. The summed E-state index contributed by atoms with van der Waals surface area (Å²) in [5.41, 5.74) is 0. The third-order valence-electron chi connectivity index (χ3n) is 3.79. The van der Waals surface area contributed by atoms with Gasteiger partial charge in [-0.25, -0.2) is 0 Å². The minimum absolute atomic E-state index is 0.571. The Morgan fingerprint density at radius 1 is 1.00 bits per heavy atom. The second kappa shape index (κ2) is 1.52. The van der Waals surface area contributed by atoms with E-state index in [1.165, 1.54) is 25.7 Å². The number of halogens is 2. The van der Waals surface area contributed by atoms with Crippen LogP contribution >= 0.6 is 31.9 Å². The summed E-state index contributed by atoms with van der Waals surface area (Å²) >= 11 is 7.80. The Kier molecular flexibility index (Phi) is 0.982. The van der Waals surface area contributed by atoms with E-state index in [2.05, 4.69) is 31.9 Å². The van der Waals surface area contributed by atoms with Crippen LogP contribution in [0.25, 0.3) is 0 Å². The molecule has 10 heavy (non-hydrogen) atoms.